The summed E-state index contributed by atoms with van der Waals surface area (Å²) in [7, 11) is 0. The maximum absolute atomic E-state index is 9.18. The number of phenols is 1. The normalized spacial score (nSPS) is 10.7. The zero-order valence-electron chi connectivity index (χ0n) is 9.13. The molecule has 0 aliphatic rings. The van der Waals surface area contributed by atoms with Crippen molar-refractivity contribution >= 4 is 33.2 Å². The molecule has 3 rings (SSSR count). The van der Waals surface area contributed by atoms with Crippen LogP contribution in [0, 0.1) is 0 Å². The van der Waals surface area contributed by atoms with Crippen LogP contribution in [0.15, 0.2) is 42.5 Å². The molecule has 0 aliphatic heterocycles. The Labute approximate surface area is 112 Å². The SMILES string of the molecule is Oc1ccc(Oc2nc3ccc(Cl)cc3s2)cc1. The van der Waals surface area contributed by atoms with Crippen molar-refractivity contribution < 1.29 is 9.84 Å². The summed E-state index contributed by atoms with van der Waals surface area (Å²) in [6, 6.07) is 12.0. The quantitative estimate of drug-likeness (QED) is 0.752. The minimum absolute atomic E-state index is 0.207. The van der Waals surface area contributed by atoms with Crippen LogP contribution in [0.4, 0.5) is 0 Å². The van der Waals surface area contributed by atoms with E-state index in [1.807, 2.05) is 12.1 Å². The summed E-state index contributed by atoms with van der Waals surface area (Å²) in [5.41, 5.74) is 0.859. The van der Waals surface area contributed by atoms with E-state index in [4.69, 9.17) is 16.3 Å². The highest BCUT2D eigenvalue weighted by Gasteiger charge is 2.06. The highest BCUT2D eigenvalue weighted by molar-refractivity contribution is 7.20. The summed E-state index contributed by atoms with van der Waals surface area (Å²) >= 11 is 7.35. The molecule has 5 heteroatoms. The third-order valence-corrected chi connectivity index (χ3v) is 3.50. The first-order chi connectivity index (χ1) is 8.70. The monoisotopic (exact) mass is 277 g/mol. The molecule has 2 aromatic carbocycles. The zero-order chi connectivity index (χ0) is 12.5. The van der Waals surface area contributed by atoms with E-state index in [2.05, 4.69) is 4.98 Å². The Bertz CT molecular complexity index is 694. The van der Waals surface area contributed by atoms with Crippen LogP contribution in [0.1, 0.15) is 0 Å². The van der Waals surface area contributed by atoms with E-state index in [1.165, 1.54) is 11.3 Å². The zero-order valence-corrected chi connectivity index (χ0v) is 10.7. The third kappa shape index (κ3) is 2.25. The van der Waals surface area contributed by atoms with Crippen molar-refractivity contribution in [3.63, 3.8) is 0 Å². The van der Waals surface area contributed by atoms with Gasteiger partial charge in [0, 0.05) is 5.02 Å². The fraction of sp³-hybridized carbons (Fsp3) is 0. The van der Waals surface area contributed by atoms with Gasteiger partial charge < -0.3 is 9.84 Å². The highest BCUT2D eigenvalue weighted by Crippen LogP contribution is 2.32. The molecule has 0 radical (unpaired) electrons. The van der Waals surface area contributed by atoms with Crippen molar-refractivity contribution in [3.8, 4) is 16.7 Å². The van der Waals surface area contributed by atoms with Crippen molar-refractivity contribution in [2.45, 2.75) is 0 Å². The number of phenolic OH excluding ortho intramolecular Hbond substituents is 1. The fourth-order valence-corrected chi connectivity index (χ4v) is 2.65. The number of ether oxygens (including phenoxy) is 1. The molecule has 3 aromatic rings. The number of benzene rings is 2. The molecule has 1 heterocycles. The third-order valence-electron chi connectivity index (χ3n) is 2.37. The van der Waals surface area contributed by atoms with Gasteiger partial charge in [0.1, 0.15) is 11.5 Å². The number of fused-ring (bicyclic) bond motifs is 1. The van der Waals surface area contributed by atoms with Crippen LogP contribution in [0.3, 0.4) is 0 Å². The highest BCUT2D eigenvalue weighted by atomic mass is 35.5. The van der Waals surface area contributed by atoms with Gasteiger partial charge >= 0.3 is 0 Å². The molecule has 1 aromatic heterocycles. The lowest BCUT2D eigenvalue weighted by molar-refractivity contribution is 0.463. The van der Waals surface area contributed by atoms with Crippen molar-refractivity contribution in [3.05, 3.63) is 47.5 Å². The predicted molar refractivity (Wildman–Crippen MR) is 72.8 cm³/mol. The number of nitrogens with zero attached hydrogens (tertiary/aromatic N) is 1. The molecule has 0 aliphatic carbocycles. The molecule has 0 unspecified atom stereocenters. The van der Waals surface area contributed by atoms with Crippen LogP contribution < -0.4 is 4.74 Å². The molecule has 0 saturated heterocycles. The number of hydrogen-bond acceptors (Lipinski definition) is 4. The average Bonchev–Trinajstić information content (AvgIpc) is 2.73. The van der Waals surface area contributed by atoms with Crippen molar-refractivity contribution in [1.29, 1.82) is 0 Å². The number of thiazole rings is 1. The molecule has 0 atom stereocenters. The Morgan fingerprint density at radius 3 is 2.67 bits per heavy atom. The maximum atomic E-state index is 9.18. The molecular formula is C13H8ClNO2S. The Hall–Kier alpha value is -1.78. The lowest BCUT2D eigenvalue weighted by Crippen LogP contribution is -1.81. The van der Waals surface area contributed by atoms with Crippen LogP contribution in [0.2, 0.25) is 5.02 Å². The van der Waals surface area contributed by atoms with Gasteiger partial charge in [-0.3, -0.25) is 0 Å². The van der Waals surface area contributed by atoms with E-state index in [0.717, 1.165) is 10.2 Å². The molecule has 3 nitrogen and oxygen atoms in total. The molecule has 18 heavy (non-hydrogen) atoms. The number of hydrogen-bond donors (Lipinski definition) is 1. The second-order valence-corrected chi connectivity index (χ2v) is 5.12. The van der Waals surface area contributed by atoms with E-state index in [0.29, 0.717) is 16.0 Å². The van der Waals surface area contributed by atoms with Crippen LogP contribution in [-0.2, 0) is 0 Å². The summed E-state index contributed by atoms with van der Waals surface area (Å²) in [4.78, 5) is 4.35. The average molecular weight is 278 g/mol. The first kappa shape index (κ1) is 11.3. The Kier molecular flexibility index (Phi) is 2.81. The van der Waals surface area contributed by atoms with Crippen molar-refractivity contribution in [2.75, 3.05) is 0 Å². The van der Waals surface area contributed by atoms with Crippen molar-refractivity contribution in [2.24, 2.45) is 0 Å². The van der Waals surface area contributed by atoms with Gasteiger partial charge in [-0.05, 0) is 42.5 Å². The van der Waals surface area contributed by atoms with Gasteiger partial charge in [-0.15, -0.1) is 0 Å². The molecule has 0 amide bonds. The van der Waals surface area contributed by atoms with Gasteiger partial charge in [0.2, 0.25) is 0 Å². The molecule has 90 valence electrons. The number of aromatic nitrogens is 1. The molecule has 1 N–H and O–H groups in total. The second kappa shape index (κ2) is 4.48. The van der Waals surface area contributed by atoms with E-state index in [9.17, 15) is 5.11 Å². The summed E-state index contributed by atoms with van der Waals surface area (Å²) < 4.78 is 6.59. The maximum Gasteiger partial charge on any atom is 0.279 e. The minimum atomic E-state index is 0.207. The van der Waals surface area contributed by atoms with Gasteiger partial charge in [0.25, 0.3) is 5.19 Å². The lowest BCUT2D eigenvalue weighted by atomic mass is 10.3. The first-order valence-electron chi connectivity index (χ1n) is 5.24. The summed E-state index contributed by atoms with van der Waals surface area (Å²) in [5, 5.41) is 10.4. The second-order valence-electron chi connectivity index (χ2n) is 3.69. The number of aromatic hydroxyl groups is 1. The summed E-state index contributed by atoms with van der Waals surface area (Å²) in [5.74, 6) is 0.844. The number of halogens is 1. The fourth-order valence-electron chi connectivity index (χ4n) is 1.54. The smallest absolute Gasteiger partial charge is 0.279 e. The van der Waals surface area contributed by atoms with Gasteiger partial charge in [-0.2, -0.15) is 0 Å². The van der Waals surface area contributed by atoms with Crippen LogP contribution >= 0.6 is 22.9 Å². The standard InChI is InChI=1S/C13H8ClNO2S/c14-8-1-6-11-12(7-8)18-13(15-11)17-10-4-2-9(16)3-5-10/h1-7,16H. The summed E-state index contributed by atoms with van der Waals surface area (Å²) in [6.45, 7) is 0. The molecule has 0 fully saturated rings. The van der Waals surface area contributed by atoms with Crippen molar-refractivity contribution in [1.82, 2.24) is 4.98 Å². The van der Waals surface area contributed by atoms with Crippen LogP contribution in [0.25, 0.3) is 10.2 Å². The van der Waals surface area contributed by atoms with Crippen LogP contribution in [-0.4, -0.2) is 10.1 Å². The predicted octanol–water partition coefficient (Wildman–Crippen LogP) is 4.45. The van der Waals surface area contributed by atoms with Gasteiger partial charge in [0.15, 0.2) is 0 Å². The molecule has 0 spiro atoms. The Balaban J connectivity index is 1.92. The van der Waals surface area contributed by atoms with Gasteiger partial charge in [-0.25, -0.2) is 4.98 Å². The molecule has 0 saturated carbocycles. The van der Waals surface area contributed by atoms with E-state index in [-0.39, 0.29) is 5.75 Å². The molecule has 0 bridgehead atoms. The van der Waals surface area contributed by atoms with E-state index in [1.54, 1.807) is 30.3 Å². The topological polar surface area (TPSA) is 42.4 Å². The lowest BCUT2D eigenvalue weighted by Gasteiger charge is -2.00. The van der Waals surface area contributed by atoms with Gasteiger partial charge in [-0.1, -0.05) is 22.9 Å². The minimum Gasteiger partial charge on any atom is -0.508 e. The summed E-state index contributed by atoms with van der Waals surface area (Å²) in [6.07, 6.45) is 0. The van der Waals surface area contributed by atoms with E-state index >= 15 is 0 Å². The van der Waals surface area contributed by atoms with Crippen LogP contribution in [0.5, 0.6) is 16.7 Å². The Morgan fingerprint density at radius 2 is 1.89 bits per heavy atom. The largest absolute Gasteiger partial charge is 0.508 e. The first-order valence-corrected chi connectivity index (χ1v) is 6.43. The number of rotatable bonds is 2. The van der Waals surface area contributed by atoms with Gasteiger partial charge in [0.05, 0.1) is 10.2 Å². The van der Waals surface area contributed by atoms with E-state index < -0.39 is 0 Å². The molecular weight excluding hydrogens is 270 g/mol. The Morgan fingerprint density at radius 1 is 1.11 bits per heavy atom.